The van der Waals surface area contributed by atoms with E-state index >= 15 is 0 Å². The van der Waals surface area contributed by atoms with Crippen LogP contribution in [0.15, 0.2) is 28.7 Å². The largest absolute Gasteiger partial charge is 0.378 e. The summed E-state index contributed by atoms with van der Waals surface area (Å²) in [6.07, 6.45) is 4.06. The SMILES string of the molecule is C[C@@H](NCCC1CCCO1)c1cccc(Br)c1. The van der Waals surface area contributed by atoms with Crippen molar-refractivity contribution in [2.24, 2.45) is 0 Å². The topological polar surface area (TPSA) is 21.3 Å². The van der Waals surface area contributed by atoms with E-state index in [-0.39, 0.29) is 0 Å². The van der Waals surface area contributed by atoms with Crippen LogP contribution in [0.1, 0.15) is 37.8 Å². The number of ether oxygens (including phenoxy) is 1. The lowest BCUT2D eigenvalue weighted by molar-refractivity contribution is 0.103. The summed E-state index contributed by atoms with van der Waals surface area (Å²) in [5.74, 6) is 0. The zero-order valence-electron chi connectivity index (χ0n) is 10.3. The van der Waals surface area contributed by atoms with Gasteiger partial charge in [-0.15, -0.1) is 0 Å². The average molecular weight is 298 g/mol. The molecule has 94 valence electrons. The zero-order valence-corrected chi connectivity index (χ0v) is 11.9. The Balaban J connectivity index is 1.74. The van der Waals surface area contributed by atoms with Crippen molar-refractivity contribution >= 4 is 15.9 Å². The lowest BCUT2D eigenvalue weighted by atomic mass is 10.1. The number of hydrogen-bond acceptors (Lipinski definition) is 2. The first kappa shape index (κ1) is 13.1. The van der Waals surface area contributed by atoms with Gasteiger partial charge in [-0.05, 0) is 50.4 Å². The normalized spacial score (nSPS) is 21.6. The van der Waals surface area contributed by atoms with Crippen LogP contribution in [0.4, 0.5) is 0 Å². The van der Waals surface area contributed by atoms with Gasteiger partial charge in [-0.2, -0.15) is 0 Å². The van der Waals surface area contributed by atoms with Crippen LogP contribution in [0.5, 0.6) is 0 Å². The van der Waals surface area contributed by atoms with Crippen molar-refractivity contribution in [2.75, 3.05) is 13.2 Å². The molecular weight excluding hydrogens is 278 g/mol. The first-order valence-corrected chi connectivity index (χ1v) is 7.15. The van der Waals surface area contributed by atoms with Crippen molar-refractivity contribution in [1.29, 1.82) is 0 Å². The molecule has 0 radical (unpaired) electrons. The number of benzene rings is 1. The van der Waals surface area contributed by atoms with Crippen molar-refractivity contribution in [3.63, 3.8) is 0 Å². The van der Waals surface area contributed by atoms with Crippen molar-refractivity contribution in [3.8, 4) is 0 Å². The van der Waals surface area contributed by atoms with Gasteiger partial charge < -0.3 is 10.1 Å². The van der Waals surface area contributed by atoms with Crippen molar-refractivity contribution < 1.29 is 4.74 Å². The molecule has 0 spiro atoms. The second kappa shape index (κ2) is 6.53. The van der Waals surface area contributed by atoms with Gasteiger partial charge in [0.05, 0.1) is 6.10 Å². The van der Waals surface area contributed by atoms with Crippen LogP contribution in [0.2, 0.25) is 0 Å². The molecule has 1 aromatic carbocycles. The van der Waals surface area contributed by atoms with Gasteiger partial charge in [0.1, 0.15) is 0 Å². The summed E-state index contributed by atoms with van der Waals surface area (Å²) in [7, 11) is 0. The van der Waals surface area contributed by atoms with Crippen LogP contribution in [0.3, 0.4) is 0 Å². The average Bonchev–Trinajstić information content (AvgIpc) is 2.82. The molecule has 2 rings (SSSR count). The Hall–Kier alpha value is -0.380. The Labute approximate surface area is 112 Å². The standard InChI is InChI=1S/C14H20BrNO/c1-11(12-4-2-5-13(15)10-12)16-8-7-14-6-3-9-17-14/h2,4-5,10-11,14,16H,3,6-9H2,1H3/t11-,14?/m1/s1. The minimum atomic E-state index is 0.397. The monoisotopic (exact) mass is 297 g/mol. The van der Waals surface area contributed by atoms with Crippen molar-refractivity contribution in [2.45, 2.75) is 38.3 Å². The molecule has 1 unspecified atom stereocenters. The number of hydrogen-bond donors (Lipinski definition) is 1. The fourth-order valence-electron chi connectivity index (χ4n) is 2.23. The Morgan fingerprint density at radius 2 is 2.41 bits per heavy atom. The second-order valence-corrected chi connectivity index (χ2v) is 5.57. The van der Waals surface area contributed by atoms with E-state index in [1.54, 1.807) is 0 Å². The van der Waals surface area contributed by atoms with E-state index in [1.165, 1.54) is 18.4 Å². The van der Waals surface area contributed by atoms with Crippen molar-refractivity contribution in [1.82, 2.24) is 5.32 Å². The molecule has 0 saturated carbocycles. The molecule has 17 heavy (non-hydrogen) atoms. The van der Waals surface area contributed by atoms with E-state index in [9.17, 15) is 0 Å². The molecule has 1 N–H and O–H groups in total. The van der Waals surface area contributed by atoms with Crippen molar-refractivity contribution in [3.05, 3.63) is 34.3 Å². The number of nitrogens with one attached hydrogen (secondary N) is 1. The summed E-state index contributed by atoms with van der Waals surface area (Å²) < 4.78 is 6.75. The predicted molar refractivity (Wildman–Crippen MR) is 74.2 cm³/mol. The third-order valence-electron chi connectivity index (χ3n) is 3.29. The number of rotatable bonds is 5. The fraction of sp³-hybridized carbons (Fsp3) is 0.571. The Bertz CT molecular complexity index is 350. The Morgan fingerprint density at radius 3 is 3.12 bits per heavy atom. The minimum Gasteiger partial charge on any atom is -0.378 e. The van der Waals surface area contributed by atoms with Gasteiger partial charge in [-0.1, -0.05) is 28.1 Å². The van der Waals surface area contributed by atoms with Gasteiger partial charge in [-0.25, -0.2) is 0 Å². The van der Waals surface area contributed by atoms with Crippen LogP contribution in [-0.4, -0.2) is 19.3 Å². The van der Waals surface area contributed by atoms with E-state index in [0.717, 1.165) is 24.0 Å². The van der Waals surface area contributed by atoms with Crippen LogP contribution < -0.4 is 5.32 Å². The van der Waals surface area contributed by atoms with Gasteiger partial charge in [0, 0.05) is 17.1 Å². The van der Waals surface area contributed by atoms with Gasteiger partial charge in [0.2, 0.25) is 0 Å². The summed E-state index contributed by atoms with van der Waals surface area (Å²) in [5, 5.41) is 3.55. The first-order chi connectivity index (χ1) is 8.25. The molecule has 1 heterocycles. The van der Waals surface area contributed by atoms with E-state index in [2.05, 4.69) is 52.4 Å². The molecule has 0 aromatic heterocycles. The van der Waals surface area contributed by atoms with Gasteiger partial charge >= 0.3 is 0 Å². The molecule has 1 saturated heterocycles. The lowest BCUT2D eigenvalue weighted by Crippen LogP contribution is -2.23. The summed E-state index contributed by atoms with van der Waals surface area (Å²) in [4.78, 5) is 0. The maximum absolute atomic E-state index is 5.61. The highest BCUT2D eigenvalue weighted by Crippen LogP contribution is 2.19. The molecule has 1 aliphatic heterocycles. The van der Waals surface area contributed by atoms with Gasteiger partial charge in [0.25, 0.3) is 0 Å². The second-order valence-electron chi connectivity index (χ2n) is 4.65. The highest BCUT2D eigenvalue weighted by molar-refractivity contribution is 9.10. The molecular formula is C14H20BrNO. The molecule has 0 amide bonds. The molecule has 1 aliphatic rings. The van der Waals surface area contributed by atoms with Crippen LogP contribution >= 0.6 is 15.9 Å². The summed E-state index contributed by atoms with van der Waals surface area (Å²) in [6, 6.07) is 8.87. The Kier molecular flexibility index (Phi) is 5.01. The van der Waals surface area contributed by atoms with E-state index < -0.39 is 0 Å². The van der Waals surface area contributed by atoms with Gasteiger partial charge in [0.15, 0.2) is 0 Å². The number of halogens is 1. The molecule has 1 aromatic rings. The first-order valence-electron chi connectivity index (χ1n) is 6.36. The lowest BCUT2D eigenvalue weighted by Gasteiger charge is -2.16. The van der Waals surface area contributed by atoms with Crippen LogP contribution in [-0.2, 0) is 4.74 Å². The molecule has 0 bridgehead atoms. The van der Waals surface area contributed by atoms with Gasteiger partial charge in [-0.3, -0.25) is 0 Å². The third-order valence-corrected chi connectivity index (χ3v) is 3.78. The molecule has 2 atom stereocenters. The zero-order chi connectivity index (χ0) is 12.1. The summed E-state index contributed by atoms with van der Waals surface area (Å²) in [5.41, 5.74) is 1.33. The molecule has 1 fully saturated rings. The fourth-order valence-corrected chi connectivity index (χ4v) is 2.64. The highest BCUT2D eigenvalue weighted by Gasteiger charge is 2.15. The summed E-state index contributed by atoms with van der Waals surface area (Å²) in [6.45, 7) is 4.18. The molecule has 3 heteroatoms. The highest BCUT2D eigenvalue weighted by atomic mass is 79.9. The molecule has 2 nitrogen and oxygen atoms in total. The summed E-state index contributed by atoms with van der Waals surface area (Å²) >= 11 is 3.50. The molecule has 0 aliphatic carbocycles. The maximum atomic E-state index is 5.61. The smallest absolute Gasteiger partial charge is 0.0588 e. The van der Waals surface area contributed by atoms with E-state index in [0.29, 0.717) is 12.1 Å². The van der Waals surface area contributed by atoms with Crippen LogP contribution in [0, 0.1) is 0 Å². The minimum absolute atomic E-state index is 0.397. The predicted octanol–water partition coefficient (Wildman–Crippen LogP) is 3.67. The van der Waals surface area contributed by atoms with E-state index in [1.807, 2.05) is 0 Å². The van der Waals surface area contributed by atoms with Crippen LogP contribution in [0.25, 0.3) is 0 Å². The maximum Gasteiger partial charge on any atom is 0.0588 e. The quantitative estimate of drug-likeness (QED) is 0.895. The Morgan fingerprint density at radius 1 is 1.53 bits per heavy atom. The third kappa shape index (κ3) is 4.09. The van der Waals surface area contributed by atoms with E-state index in [4.69, 9.17) is 4.74 Å².